The Balaban J connectivity index is 2.15. The normalized spacial score (nSPS) is 37.4. The fourth-order valence-electron chi connectivity index (χ4n) is 1.47. The van der Waals surface area contributed by atoms with Crippen molar-refractivity contribution in [3.63, 3.8) is 0 Å². The van der Waals surface area contributed by atoms with Gasteiger partial charge in [-0.15, -0.1) is 0 Å². The van der Waals surface area contributed by atoms with Crippen LogP contribution in [0.15, 0.2) is 12.2 Å². The lowest BCUT2D eigenvalue weighted by Crippen LogP contribution is -2.62. The smallest absolute Gasteiger partial charge is 0.232 e. The molecule has 2 heteroatoms. The minimum absolute atomic E-state index is 0.268. The number of rotatable bonds is 1. The molecule has 0 aromatic rings. The molecule has 2 atom stereocenters. The Hall–Kier alpha value is -0.790. The van der Waals surface area contributed by atoms with Gasteiger partial charge in [-0.2, -0.15) is 0 Å². The molecule has 1 amide bonds. The van der Waals surface area contributed by atoms with Gasteiger partial charge in [0.05, 0.1) is 12.0 Å². The van der Waals surface area contributed by atoms with E-state index in [0.29, 0.717) is 11.9 Å². The summed E-state index contributed by atoms with van der Waals surface area (Å²) in [6, 6.07) is 0.475. The summed E-state index contributed by atoms with van der Waals surface area (Å²) in [7, 11) is 0. The molecule has 9 heavy (non-hydrogen) atoms. The van der Waals surface area contributed by atoms with Gasteiger partial charge < -0.3 is 4.90 Å². The molecule has 1 fully saturated rings. The van der Waals surface area contributed by atoms with E-state index < -0.39 is 0 Å². The lowest BCUT2D eigenvalue weighted by Gasteiger charge is -2.49. The quantitative estimate of drug-likeness (QED) is 0.365. The monoisotopic (exact) mass is 123 g/mol. The second-order valence-electron chi connectivity index (χ2n) is 2.53. The van der Waals surface area contributed by atoms with Gasteiger partial charge in [0.2, 0.25) is 5.91 Å². The van der Waals surface area contributed by atoms with Crippen molar-refractivity contribution in [2.24, 2.45) is 5.92 Å². The summed E-state index contributed by atoms with van der Waals surface area (Å²) >= 11 is 0. The molecule has 1 heterocycles. The number of carbonyl (C=O) groups is 1. The van der Waals surface area contributed by atoms with Crippen LogP contribution in [0, 0.1) is 5.92 Å². The lowest BCUT2D eigenvalue weighted by molar-refractivity contribution is -0.151. The minimum Gasteiger partial charge on any atom is -0.335 e. The minimum atomic E-state index is 0.268. The third-order valence-electron chi connectivity index (χ3n) is 2.15. The number of hydrogen-bond donors (Lipinski definition) is 0. The molecule has 2 rings (SSSR count). The first-order valence-electron chi connectivity index (χ1n) is 3.33. The van der Waals surface area contributed by atoms with Crippen LogP contribution in [0.3, 0.4) is 0 Å². The molecule has 0 spiro atoms. The van der Waals surface area contributed by atoms with E-state index in [9.17, 15) is 4.79 Å². The third-order valence-corrected chi connectivity index (χ3v) is 2.15. The van der Waals surface area contributed by atoms with Crippen molar-refractivity contribution in [1.82, 2.24) is 4.90 Å². The first-order valence-corrected chi connectivity index (χ1v) is 3.33. The highest BCUT2D eigenvalue weighted by Crippen LogP contribution is 2.35. The van der Waals surface area contributed by atoms with Gasteiger partial charge in [0.15, 0.2) is 0 Å². The van der Waals surface area contributed by atoms with Gasteiger partial charge in [-0.1, -0.05) is 12.2 Å². The van der Waals surface area contributed by atoms with Gasteiger partial charge in [0, 0.05) is 6.54 Å². The zero-order valence-electron chi connectivity index (χ0n) is 5.37. The molecular formula is C7H9NO. The maximum atomic E-state index is 10.9. The second kappa shape index (κ2) is 1.38. The van der Waals surface area contributed by atoms with Crippen LogP contribution in [0.1, 0.15) is 6.92 Å². The predicted octanol–water partition coefficient (Wildman–Crippen LogP) is 0.403. The Kier molecular flexibility index (Phi) is 0.770. The Bertz CT molecular complexity index is 185. The molecule has 1 aliphatic heterocycles. The number of nitrogens with zero attached hydrogens (tertiary/aromatic N) is 1. The Labute approximate surface area is 54.1 Å². The molecule has 0 aromatic carbocycles. The second-order valence-corrected chi connectivity index (χ2v) is 2.53. The van der Waals surface area contributed by atoms with Gasteiger partial charge in [0.1, 0.15) is 0 Å². The highest BCUT2D eigenvalue weighted by molar-refractivity contribution is 5.90. The third kappa shape index (κ3) is 0.397. The van der Waals surface area contributed by atoms with Gasteiger partial charge in [-0.05, 0) is 6.92 Å². The first kappa shape index (κ1) is 5.03. The van der Waals surface area contributed by atoms with Crippen LogP contribution < -0.4 is 0 Å². The maximum Gasteiger partial charge on any atom is 0.232 e. The van der Waals surface area contributed by atoms with Crippen molar-refractivity contribution >= 4 is 5.91 Å². The van der Waals surface area contributed by atoms with E-state index in [1.807, 2.05) is 17.9 Å². The highest BCUT2D eigenvalue weighted by atomic mass is 16.2. The van der Waals surface area contributed by atoms with Crippen molar-refractivity contribution in [3.8, 4) is 0 Å². The molecule has 0 aromatic heterocycles. The van der Waals surface area contributed by atoms with Crippen molar-refractivity contribution in [2.45, 2.75) is 13.0 Å². The molecule has 0 saturated carbocycles. The Morgan fingerprint density at radius 2 is 2.44 bits per heavy atom. The van der Waals surface area contributed by atoms with Crippen LogP contribution in [-0.4, -0.2) is 23.4 Å². The van der Waals surface area contributed by atoms with E-state index in [0.717, 1.165) is 6.54 Å². The number of β-lactam (4-membered cyclic amide) rings is 1. The zero-order chi connectivity index (χ0) is 6.43. The number of likely N-dealkylation sites (N-methyl/N-ethyl adjacent to an activating group) is 1. The average molecular weight is 123 g/mol. The highest BCUT2D eigenvalue weighted by Gasteiger charge is 2.47. The molecule has 1 aliphatic carbocycles. The molecule has 0 N–H and O–H groups in total. The number of fused-ring (bicyclic) bond motifs is 1. The van der Waals surface area contributed by atoms with E-state index in [-0.39, 0.29) is 5.92 Å². The van der Waals surface area contributed by atoms with E-state index >= 15 is 0 Å². The first-order chi connectivity index (χ1) is 4.34. The summed E-state index contributed by atoms with van der Waals surface area (Å²) in [4.78, 5) is 12.8. The fourth-order valence-corrected chi connectivity index (χ4v) is 1.47. The van der Waals surface area contributed by atoms with Crippen LogP contribution in [0.25, 0.3) is 0 Å². The number of amides is 1. The topological polar surface area (TPSA) is 20.3 Å². The molecule has 2 aliphatic rings. The molecule has 0 unspecified atom stereocenters. The largest absolute Gasteiger partial charge is 0.335 e. The van der Waals surface area contributed by atoms with Gasteiger partial charge in [-0.25, -0.2) is 0 Å². The van der Waals surface area contributed by atoms with Crippen LogP contribution >= 0.6 is 0 Å². The van der Waals surface area contributed by atoms with Crippen molar-refractivity contribution in [3.05, 3.63) is 12.2 Å². The molecule has 0 radical (unpaired) electrons. The molecule has 0 bridgehead atoms. The van der Waals surface area contributed by atoms with Crippen molar-refractivity contribution in [2.75, 3.05) is 6.54 Å². The summed E-state index contributed by atoms with van der Waals surface area (Å²) in [6.45, 7) is 2.88. The lowest BCUT2D eigenvalue weighted by atomic mass is 9.78. The number of likely N-dealkylation sites (tertiary alicyclic amines) is 1. The summed E-state index contributed by atoms with van der Waals surface area (Å²) in [5, 5.41) is 0. The molecule has 1 saturated heterocycles. The summed E-state index contributed by atoms with van der Waals surface area (Å²) in [6.07, 6.45) is 4.08. The summed E-state index contributed by atoms with van der Waals surface area (Å²) < 4.78 is 0. The molecular weight excluding hydrogens is 114 g/mol. The van der Waals surface area contributed by atoms with Crippen molar-refractivity contribution < 1.29 is 4.79 Å². The van der Waals surface area contributed by atoms with E-state index in [4.69, 9.17) is 0 Å². The van der Waals surface area contributed by atoms with E-state index in [1.165, 1.54) is 0 Å². The summed E-state index contributed by atoms with van der Waals surface area (Å²) in [5.41, 5.74) is 0. The Morgan fingerprint density at radius 1 is 1.67 bits per heavy atom. The van der Waals surface area contributed by atoms with Crippen molar-refractivity contribution in [1.29, 1.82) is 0 Å². The fraction of sp³-hybridized carbons (Fsp3) is 0.571. The van der Waals surface area contributed by atoms with Gasteiger partial charge in [0.25, 0.3) is 0 Å². The van der Waals surface area contributed by atoms with Gasteiger partial charge in [-0.3, -0.25) is 4.79 Å². The maximum absolute atomic E-state index is 10.9. The van der Waals surface area contributed by atoms with Crippen LogP contribution in [-0.2, 0) is 4.79 Å². The molecule has 48 valence electrons. The standard InChI is InChI=1S/C7H9NO/c1-2-8-6-4-3-5(6)7(8)9/h3-6H,2H2,1H3/t5-,6+/m1/s1. The SMILES string of the molecule is CCN1C(=O)[C@@H]2C=C[C@@H]21. The average Bonchev–Trinajstić information content (AvgIpc) is 1.79. The van der Waals surface area contributed by atoms with Crippen LogP contribution in [0.4, 0.5) is 0 Å². The number of carbonyl (C=O) groups excluding carboxylic acids is 1. The van der Waals surface area contributed by atoms with Crippen LogP contribution in [0.5, 0.6) is 0 Å². The summed E-state index contributed by atoms with van der Waals surface area (Å²) in [5.74, 6) is 0.579. The van der Waals surface area contributed by atoms with E-state index in [1.54, 1.807) is 0 Å². The van der Waals surface area contributed by atoms with Crippen LogP contribution in [0.2, 0.25) is 0 Å². The Morgan fingerprint density at radius 3 is 2.67 bits per heavy atom. The zero-order valence-corrected chi connectivity index (χ0v) is 5.37. The predicted molar refractivity (Wildman–Crippen MR) is 33.8 cm³/mol. The molecule has 2 nitrogen and oxygen atoms in total. The van der Waals surface area contributed by atoms with E-state index in [2.05, 4.69) is 6.08 Å². The number of hydrogen-bond acceptors (Lipinski definition) is 1. The van der Waals surface area contributed by atoms with Gasteiger partial charge >= 0.3 is 0 Å².